The van der Waals surface area contributed by atoms with Crippen LogP contribution in [0.15, 0.2) is 0 Å². The molecule has 4 aliphatic rings. The number of hydrogen-bond acceptors (Lipinski definition) is 3. The van der Waals surface area contributed by atoms with Crippen molar-refractivity contribution in [3.63, 3.8) is 0 Å². The molecule has 0 saturated carbocycles. The van der Waals surface area contributed by atoms with Gasteiger partial charge in [-0.05, 0) is 12.8 Å². The number of nitrogens with zero attached hydrogens (tertiary/aromatic N) is 4. The lowest BCUT2D eigenvalue weighted by Gasteiger charge is -2.65. The Morgan fingerprint density at radius 3 is 2.45 bits per heavy atom. The van der Waals surface area contributed by atoms with Crippen LogP contribution in [0.3, 0.4) is 0 Å². The summed E-state index contributed by atoms with van der Waals surface area (Å²) in [5, 5.41) is 0. The van der Waals surface area contributed by atoms with Gasteiger partial charge in [-0.2, -0.15) is 0 Å². The van der Waals surface area contributed by atoms with Crippen molar-refractivity contribution in [2.24, 2.45) is 0 Å². The van der Waals surface area contributed by atoms with Crippen molar-refractivity contribution in [3.8, 4) is 0 Å². The van der Waals surface area contributed by atoms with Crippen molar-refractivity contribution < 1.29 is 4.48 Å². The summed E-state index contributed by atoms with van der Waals surface area (Å²) in [6.45, 7) is 14.7. The average molecular weight is 279 g/mol. The standard InChI is InChI=1S/C16H31N4/c1-2-3-12-20-13-5-8-19-10-9-17-6-4-7-18(11-14-20)15(17)16(19)20/h15-16H,2-14H2,1H3/q+1. The lowest BCUT2D eigenvalue weighted by Crippen LogP contribution is -2.83. The van der Waals surface area contributed by atoms with Crippen LogP contribution in [-0.4, -0.2) is 90.4 Å². The van der Waals surface area contributed by atoms with E-state index in [0.717, 1.165) is 12.3 Å². The summed E-state index contributed by atoms with van der Waals surface area (Å²) >= 11 is 0. The number of unbranched alkanes of at least 4 members (excludes halogenated alkanes) is 1. The molecule has 114 valence electrons. The van der Waals surface area contributed by atoms with Crippen LogP contribution in [0.2, 0.25) is 0 Å². The van der Waals surface area contributed by atoms with Crippen molar-refractivity contribution in [1.82, 2.24) is 14.7 Å². The third-order valence-corrected chi connectivity index (χ3v) is 6.35. The maximum atomic E-state index is 2.86. The molecule has 4 saturated heterocycles. The summed E-state index contributed by atoms with van der Waals surface area (Å²) in [6.07, 6.45) is 7.11. The van der Waals surface area contributed by atoms with Gasteiger partial charge in [-0.3, -0.25) is 14.7 Å². The minimum absolute atomic E-state index is 0.739. The zero-order valence-electron chi connectivity index (χ0n) is 13.1. The third kappa shape index (κ3) is 1.96. The fraction of sp³-hybridized carbons (Fsp3) is 1.00. The molecule has 4 fully saturated rings. The summed E-state index contributed by atoms with van der Waals surface area (Å²) < 4.78 is 1.42. The molecule has 0 spiro atoms. The van der Waals surface area contributed by atoms with Crippen molar-refractivity contribution in [1.29, 1.82) is 0 Å². The fourth-order valence-corrected chi connectivity index (χ4v) is 5.41. The van der Waals surface area contributed by atoms with E-state index < -0.39 is 0 Å². The second-order valence-electron chi connectivity index (χ2n) is 7.39. The minimum Gasteiger partial charge on any atom is -0.305 e. The van der Waals surface area contributed by atoms with Gasteiger partial charge in [-0.1, -0.05) is 13.3 Å². The predicted octanol–water partition coefficient (Wildman–Crippen LogP) is 0.996. The van der Waals surface area contributed by atoms with Crippen LogP contribution >= 0.6 is 0 Å². The minimum atomic E-state index is 0.739. The van der Waals surface area contributed by atoms with Crippen LogP contribution in [0.5, 0.6) is 0 Å². The quantitative estimate of drug-likeness (QED) is 0.714. The highest BCUT2D eigenvalue weighted by Gasteiger charge is 2.56. The van der Waals surface area contributed by atoms with Gasteiger partial charge in [-0.25, -0.2) is 0 Å². The summed E-state index contributed by atoms with van der Waals surface area (Å²) in [4.78, 5) is 8.49. The normalized spacial score (nSPS) is 42.5. The van der Waals surface area contributed by atoms with E-state index in [1.807, 2.05) is 0 Å². The Hall–Kier alpha value is -0.160. The largest absolute Gasteiger partial charge is 0.305 e. The molecule has 4 heterocycles. The maximum Gasteiger partial charge on any atom is 0.175 e. The second-order valence-corrected chi connectivity index (χ2v) is 7.39. The molecule has 0 radical (unpaired) electrons. The maximum absolute atomic E-state index is 2.86. The van der Waals surface area contributed by atoms with Gasteiger partial charge in [0.2, 0.25) is 0 Å². The number of hydrogen-bond donors (Lipinski definition) is 0. The average Bonchev–Trinajstić information content (AvgIpc) is 2.51. The van der Waals surface area contributed by atoms with Gasteiger partial charge >= 0.3 is 0 Å². The van der Waals surface area contributed by atoms with E-state index in [1.165, 1.54) is 89.1 Å². The van der Waals surface area contributed by atoms with E-state index in [-0.39, 0.29) is 0 Å². The summed E-state index contributed by atoms with van der Waals surface area (Å²) in [5.74, 6) is 0. The molecule has 0 N–H and O–H groups in total. The molecule has 4 aliphatic heterocycles. The van der Waals surface area contributed by atoms with Crippen molar-refractivity contribution in [3.05, 3.63) is 0 Å². The molecule has 0 bridgehead atoms. The number of piperazine rings is 2. The van der Waals surface area contributed by atoms with Crippen LogP contribution in [0.1, 0.15) is 32.6 Å². The van der Waals surface area contributed by atoms with Gasteiger partial charge in [0.25, 0.3) is 0 Å². The lowest BCUT2D eigenvalue weighted by atomic mass is 9.97. The molecule has 0 aromatic rings. The molecule has 4 heteroatoms. The van der Waals surface area contributed by atoms with E-state index >= 15 is 0 Å². The van der Waals surface area contributed by atoms with Crippen LogP contribution in [0, 0.1) is 0 Å². The molecule has 3 unspecified atom stereocenters. The van der Waals surface area contributed by atoms with Gasteiger partial charge in [0.1, 0.15) is 6.17 Å². The molecule has 3 atom stereocenters. The van der Waals surface area contributed by atoms with Gasteiger partial charge < -0.3 is 4.48 Å². The molecular formula is C16H31N4+. The van der Waals surface area contributed by atoms with Gasteiger partial charge in [0, 0.05) is 45.7 Å². The molecule has 4 rings (SSSR count). The van der Waals surface area contributed by atoms with E-state index in [2.05, 4.69) is 21.6 Å². The van der Waals surface area contributed by atoms with Gasteiger partial charge in [0.05, 0.1) is 19.6 Å². The van der Waals surface area contributed by atoms with Crippen molar-refractivity contribution >= 4 is 0 Å². The molecule has 0 aromatic heterocycles. The molecule has 0 aliphatic carbocycles. The highest BCUT2D eigenvalue weighted by atomic mass is 15.6. The second kappa shape index (κ2) is 5.24. The molecule has 0 amide bonds. The highest BCUT2D eigenvalue weighted by Crippen LogP contribution is 2.37. The van der Waals surface area contributed by atoms with Crippen LogP contribution in [-0.2, 0) is 0 Å². The van der Waals surface area contributed by atoms with Crippen molar-refractivity contribution in [2.45, 2.75) is 44.9 Å². The smallest absolute Gasteiger partial charge is 0.175 e. The summed E-state index contributed by atoms with van der Waals surface area (Å²) in [5.41, 5.74) is 0. The molecule has 0 aromatic carbocycles. The van der Waals surface area contributed by atoms with Gasteiger partial charge in [0.15, 0.2) is 6.17 Å². The fourth-order valence-electron chi connectivity index (χ4n) is 5.41. The van der Waals surface area contributed by atoms with E-state index in [4.69, 9.17) is 0 Å². The van der Waals surface area contributed by atoms with E-state index in [0.29, 0.717) is 0 Å². The van der Waals surface area contributed by atoms with Crippen molar-refractivity contribution in [2.75, 3.05) is 58.9 Å². The molecule has 4 nitrogen and oxygen atoms in total. The number of rotatable bonds is 3. The first-order valence-corrected chi connectivity index (χ1v) is 8.92. The summed E-state index contributed by atoms with van der Waals surface area (Å²) in [7, 11) is 0. The Morgan fingerprint density at radius 2 is 1.60 bits per heavy atom. The zero-order chi connectivity index (χ0) is 13.6. The van der Waals surface area contributed by atoms with E-state index in [9.17, 15) is 0 Å². The molecule has 20 heavy (non-hydrogen) atoms. The Bertz CT molecular complexity index is 354. The van der Waals surface area contributed by atoms with E-state index in [1.54, 1.807) is 0 Å². The first kappa shape index (κ1) is 13.5. The topological polar surface area (TPSA) is 9.72 Å². The zero-order valence-corrected chi connectivity index (χ0v) is 13.1. The Morgan fingerprint density at radius 1 is 0.850 bits per heavy atom. The SMILES string of the molecule is CCCC[N+]12CCCN3CCN4CCCN(CC1)C4C32. The highest BCUT2D eigenvalue weighted by molar-refractivity contribution is 4.94. The first-order chi connectivity index (χ1) is 9.84. The Balaban J connectivity index is 1.65. The number of quaternary nitrogens is 1. The van der Waals surface area contributed by atoms with Crippen LogP contribution in [0.25, 0.3) is 0 Å². The van der Waals surface area contributed by atoms with Crippen LogP contribution < -0.4 is 0 Å². The Labute approximate surface area is 123 Å². The third-order valence-electron chi connectivity index (χ3n) is 6.35. The first-order valence-electron chi connectivity index (χ1n) is 8.92. The Kier molecular flexibility index (Phi) is 3.53. The van der Waals surface area contributed by atoms with Gasteiger partial charge in [-0.15, -0.1) is 0 Å². The predicted molar refractivity (Wildman–Crippen MR) is 81.3 cm³/mol. The summed E-state index contributed by atoms with van der Waals surface area (Å²) in [6, 6.07) is 0. The lowest BCUT2D eigenvalue weighted by molar-refractivity contribution is -0.978. The molecular weight excluding hydrogens is 248 g/mol. The van der Waals surface area contributed by atoms with Crippen LogP contribution in [0.4, 0.5) is 0 Å². The monoisotopic (exact) mass is 279 g/mol.